The van der Waals surface area contributed by atoms with E-state index in [0.29, 0.717) is 24.1 Å². The van der Waals surface area contributed by atoms with Gasteiger partial charge in [0.05, 0.1) is 16.9 Å². The van der Waals surface area contributed by atoms with Crippen molar-refractivity contribution in [1.82, 2.24) is 19.4 Å². The summed E-state index contributed by atoms with van der Waals surface area (Å²) in [6.45, 7) is 11.3. The van der Waals surface area contributed by atoms with Crippen molar-refractivity contribution < 1.29 is 9.18 Å². The molecule has 2 heterocycles. The number of benzene rings is 2. The highest BCUT2D eigenvalue weighted by molar-refractivity contribution is 5.93. The van der Waals surface area contributed by atoms with Crippen LogP contribution in [0.15, 0.2) is 56.8 Å². The van der Waals surface area contributed by atoms with Crippen molar-refractivity contribution in [3.8, 4) is 5.69 Å². The number of aryl methyl sites for hydroxylation is 3. The monoisotopic (exact) mass is 577 g/mol. The molecule has 1 aliphatic rings. The summed E-state index contributed by atoms with van der Waals surface area (Å²) in [5.41, 5.74) is 0.500. The SMILES string of the molecule is CC.CC.Cc1ccc(Nc2c3c(=O)[nH]c(=O)n(-c4cccc(CCC(=O)NC5CC5)c4)c3c(C)c(=O)n2C)c(F)c1. The number of H-pyrrole nitrogens is 1. The van der Waals surface area contributed by atoms with Crippen molar-refractivity contribution in [1.29, 1.82) is 0 Å². The number of anilines is 2. The largest absolute Gasteiger partial charge is 0.353 e. The zero-order valence-electron chi connectivity index (χ0n) is 25.4. The molecule has 10 heteroatoms. The van der Waals surface area contributed by atoms with E-state index < -0.39 is 22.6 Å². The average Bonchev–Trinajstić information content (AvgIpc) is 3.80. The summed E-state index contributed by atoms with van der Waals surface area (Å²) in [5.74, 6) is -0.515. The van der Waals surface area contributed by atoms with Gasteiger partial charge in [-0.1, -0.05) is 45.9 Å². The van der Waals surface area contributed by atoms with Crippen LogP contribution in [-0.2, 0) is 18.3 Å². The number of amides is 1. The summed E-state index contributed by atoms with van der Waals surface area (Å²) in [4.78, 5) is 54.0. The van der Waals surface area contributed by atoms with Crippen LogP contribution in [0.3, 0.4) is 0 Å². The highest BCUT2D eigenvalue weighted by Crippen LogP contribution is 2.27. The first kappa shape index (κ1) is 32.0. The van der Waals surface area contributed by atoms with Gasteiger partial charge in [0.25, 0.3) is 11.1 Å². The Morgan fingerprint density at radius 1 is 1.02 bits per heavy atom. The first-order chi connectivity index (χ1) is 20.1. The molecule has 224 valence electrons. The maximum absolute atomic E-state index is 14.7. The molecule has 1 fully saturated rings. The molecule has 2 aromatic heterocycles. The van der Waals surface area contributed by atoms with E-state index in [2.05, 4.69) is 15.6 Å². The van der Waals surface area contributed by atoms with Gasteiger partial charge in [-0.15, -0.1) is 0 Å². The number of carbonyl (C=O) groups excluding carboxylic acids is 1. The number of aromatic amines is 1. The van der Waals surface area contributed by atoms with Crippen molar-refractivity contribution in [2.24, 2.45) is 7.05 Å². The number of fused-ring (bicyclic) bond motifs is 1. The van der Waals surface area contributed by atoms with E-state index in [-0.39, 0.29) is 39.9 Å². The fourth-order valence-electron chi connectivity index (χ4n) is 4.61. The molecule has 1 saturated carbocycles. The number of carbonyl (C=O) groups is 1. The van der Waals surface area contributed by atoms with Crippen LogP contribution in [0.4, 0.5) is 15.9 Å². The molecule has 2 aromatic carbocycles. The number of halogens is 1. The first-order valence-corrected chi connectivity index (χ1v) is 14.4. The van der Waals surface area contributed by atoms with Gasteiger partial charge in [-0.2, -0.15) is 0 Å². The Labute approximate surface area is 244 Å². The first-order valence-electron chi connectivity index (χ1n) is 14.4. The molecule has 1 amide bonds. The Balaban J connectivity index is 0.00000116. The van der Waals surface area contributed by atoms with Crippen molar-refractivity contribution in [2.75, 3.05) is 5.32 Å². The fourth-order valence-corrected chi connectivity index (χ4v) is 4.61. The molecule has 0 bridgehead atoms. The van der Waals surface area contributed by atoms with Crippen LogP contribution in [0.25, 0.3) is 16.6 Å². The van der Waals surface area contributed by atoms with Crippen LogP contribution in [0.5, 0.6) is 0 Å². The summed E-state index contributed by atoms with van der Waals surface area (Å²) in [6, 6.07) is 11.9. The third-order valence-corrected chi connectivity index (χ3v) is 6.79. The molecule has 0 radical (unpaired) electrons. The smallest absolute Gasteiger partial charge is 0.333 e. The van der Waals surface area contributed by atoms with Crippen LogP contribution in [-0.4, -0.2) is 26.1 Å². The van der Waals surface area contributed by atoms with Gasteiger partial charge in [0.2, 0.25) is 5.91 Å². The van der Waals surface area contributed by atoms with Crippen LogP contribution in [0.2, 0.25) is 0 Å². The fraction of sp³-hybridized carbons (Fsp3) is 0.375. The van der Waals surface area contributed by atoms with Crippen LogP contribution in [0.1, 0.15) is 63.6 Å². The molecule has 0 unspecified atom stereocenters. The Morgan fingerprint density at radius 2 is 1.71 bits per heavy atom. The van der Waals surface area contributed by atoms with Crippen LogP contribution >= 0.6 is 0 Å². The average molecular weight is 578 g/mol. The van der Waals surface area contributed by atoms with Gasteiger partial charge in [0.1, 0.15) is 17.0 Å². The van der Waals surface area contributed by atoms with Crippen molar-refractivity contribution in [3.63, 3.8) is 0 Å². The van der Waals surface area contributed by atoms with Gasteiger partial charge in [-0.25, -0.2) is 9.18 Å². The summed E-state index contributed by atoms with van der Waals surface area (Å²) < 4.78 is 17.2. The molecular weight excluding hydrogens is 537 g/mol. The molecule has 42 heavy (non-hydrogen) atoms. The zero-order valence-corrected chi connectivity index (χ0v) is 25.4. The number of hydrogen-bond donors (Lipinski definition) is 3. The Morgan fingerprint density at radius 3 is 2.36 bits per heavy atom. The molecule has 0 saturated heterocycles. The van der Waals surface area contributed by atoms with E-state index >= 15 is 0 Å². The van der Waals surface area contributed by atoms with Crippen molar-refractivity contribution >= 4 is 28.3 Å². The predicted octanol–water partition coefficient (Wildman–Crippen LogP) is 5.14. The van der Waals surface area contributed by atoms with E-state index in [1.54, 1.807) is 38.1 Å². The van der Waals surface area contributed by atoms with Gasteiger partial charge in [-0.3, -0.25) is 28.5 Å². The standard InChI is InChI=1S/C28H28FN5O4.2C2H6/c1-15-7-11-21(20(29)13-15)31-25-23-24(16(2)27(37)33(25)3)34(28(38)32-26(23)36)19-6-4-5-17(14-19)8-12-22(35)30-18-9-10-18;2*1-2/h4-7,11,13-14,18,31H,8-10,12H2,1-3H3,(H,30,35)(H,32,36,38);2*1-2H3. The van der Waals surface area contributed by atoms with Gasteiger partial charge >= 0.3 is 5.69 Å². The van der Waals surface area contributed by atoms with Gasteiger partial charge in [0.15, 0.2) is 0 Å². The molecule has 5 rings (SSSR count). The Bertz CT molecular complexity index is 1770. The summed E-state index contributed by atoms with van der Waals surface area (Å²) >= 11 is 0. The minimum Gasteiger partial charge on any atom is -0.353 e. The number of pyridine rings is 1. The summed E-state index contributed by atoms with van der Waals surface area (Å²) in [5, 5.41) is 5.89. The molecule has 0 spiro atoms. The minimum atomic E-state index is -0.713. The molecule has 4 aromatic rings. The van der Waals surface area contributed by atoms with Crippen molar-refractivity contribution in [2.45, 2.75) is 73.3 Å². The van der Waals surface area contributed by atoms with Crippen molar-refractivity contribution in [3.05, 3.63) is 96.2 Å². The van der Waals surface area contributed by atoms with Crippen LogP contribution < -0.4 is 27.4 Å². The molecule has 0 aliphatic heterocycles. The highest BCUT2D eigenvalue weighted by atomic mass is 19.1. The molecule has 3 N–H and O–H groups in total. The number of nitrogens with one attached hydrogen (secondary N) is 3. The Hall–Kier alpha value is -4.47. The van der Waals surface area contributed by atoms with Crippen LogP contribution in [0, 0.1) is 19.7 Å². The molecular formula is C32H40FN5O4. The lowest BCUT2D eigenvalue weighted by molar-refractivity contribution is -0.121. The number of hydrogen-bond acceptors (Lipinski definition) is 5. The van der Waals surface area contributed by atoms with E-state index in [0.717, 1.165) is 18.4 Å². The highest BCUT2D eigenvalue weighted by Gasteiger charge is 2.23. The van der Waals surface area contributed by atoms with E-state index in [4.69, 9.17) is 0 Å². The summed E-state index contributed by atoms with van der Waals surface area (Å²) in [7, 11) is 1.48. The van der Waals surface area contributed by atoms with E-state index in [1.807, 2.05) is 33.8 Å². The lowest BCUT2D eigenvalue weighted by atomic mass is 10.1. The molecule has 1 aliphatic carbocycles. The normalized spacial score (nSPS) is 12.1. The number of rotatable bonds is 7. The van der Waals surface area contributed by atoms with Gasteiger partial charge < -0.3 is 10.6 Å². The second kappa shape index (κ2) is 13.9. The van der Waals surface area contributed by atoms with Gasteiger partial charge in [-0.05, 0) is 68.5 Å². The topological polar surface area (TPSA) is 118 Å². The lowest BCUT2D eigenvalue weighted by Gasteiger charge is -2.19. The summed E-state index contributed by atoms with van der Waals surface area (Å²) in [6.07, 6.45) is 2.78. The van der Waals surface area contributed by atoms with Gasteiger partial charge in [0, 0.05) is 25.1 Å². The third-order valence-electron chi connectivity index (χ3n) is 6.79. The predicted molar refractivity (Wildman–Crippen MR) is 167 cm³/mol. The minimum absolute atomic E-state index is 0.0250. The maximum atomic E-state index is 14.7. The third kappa shape index (κ3) is 6.87. The quantitative estimate of drug-likeness (QED) is 0.281. The Kier molecular flexibility index (Phi) is 10.6. The van der Waals surface area contributed by atoms with E-state index in [1.165, 1.54) is 28.3 Å². The molecule has 9 nitrogen and oxygen atoms in total. The number of aromatic nitrogens is 3. The lowest BCUT2D eigenvalue weighted by Crippen LogP contribution is -2.34. The maximum Gasteiger partial charge on any atom is 0.333 e. The zero-order chi connectivity index (χ0) is 31.1. The number of nitrogens with zero attached hydrogens (tertiary/aromatic N) is 2. The van der Waals surface area contributed by atoms with E-state index in [9.17, 15) is 23.6 Å². The second-order valence-electron chi connectivity index (χ2n) is 9.78. The molecule has 0 atom stereocenters. The second-order valence-corrected chi connectivity index (χ2v) is 9.78.